The maximum atomic E-state index is 11.8. The predicted molar refractivity (Wildman–Crippen MR) is 86.7 cm³/mol. The lowest BCUT2D eigenvalue weighted by atomic mass is 9.82. The molecule has 0 spiro atoms. The molecule has 1 aromatic carbocycles. The van der Waals surface area contributed by atoms with Gasteiger partial charge in [-0.15, -0.1) is 0 Å². The second kappa shape index (κ2) is 6.66. The van der Waals surface area contributed by atoms with Gasteiger partial charge in [-0.05, 0) is 49.9 Å². The van der Waals surface area contributed by atoms with E-state index in [9.17, 15) is 8.42 Å². The van der Waals surface area contributed by atoms with Crippen molar-refractivity contribution in [1.29, 1.82) is 0 Å². The highest BCUT2D eigenvalue weighted by Gasteiger charge is 2.19. The minimum atomic E-state index is -3.43. The molecule has 1 saturated carbocycles. The summed E-state index contributed by atoms with van der Waals surface area (Å²) in [5.74, 6) is 1.41. The average molecular weight is 311 g/mol. The summed E-state index contributed by atoms with van der Waals surface area (Å²) in [7, 11) is -2.03. The molecule has 0 radical (unpaired) electrons. The fourth-order valence-electron chi connectivity index (χ4n) is 2.97. The Balaban J connectivity index is 2.07. The minimum absolute atomic E-state index is 0.235. The lowest BCUT2D eigenvalue weighted by molar-refractivity contribution is 0.293. The Labute approximate surface area is 127 Å². The van der Waals surface area contributed by atoms with Crippen LogP contribution < -0.4 is 15.8 Å². The van der Waals surface area contributed by atoms with Gasteiger partial charge < -0.3 is 11.1 Å². The third kappa shape index (κ3) is 4.11. The van der Waals surface area contributed by atoms with Gasteiger partial charge in [0.15, 0.2) is 0 Å². The van der Waals surface area contributed by atoms with Crippen LogP contribution in [0.2, 0.25) is 0 Å². The van der Waals surface area contributed by atoms with E-state index >= 15 is 0 Å². The molecule has 0 saturated heterocycles. The number of nitrogens with two attached hydrogens (primary N) is 1. The van der Waals surface area contributed by atoms with Crippen LogP contribution in [0.4, 0.5) is 11.4 Å². The zero-order valence-corrected chi connectivity index (χ0v) is 13.5. The van der Waals surface area contributed by atoms with E-state index in [4.69, 9.17) is 5.73 Å². The monoisotopic (exact) mass is 311 g/mol. The fourth-order valence-corrected chi connectivity index (χ4v) is 3.73. The maximum absolute atomic E-state index is 11.8. The van der Waals surface area contributed by atoms with Crippen molar-refractivity contribution in [2.24, 2.45) is 11.8 Å². The topological polar surface area (TPSA) is 84.2 Å². The van der Waals surface area contributed by atoms with E-state index in [-0.39, 0.29) is 4.90 Å². The summed E-state index contributed by atoms with van der Waals surface area (Å²) in [6.45, 7) is 3.14. The summed E-state index contributed by atoms with van der Waals surface area (Å²) in [5, 5.41) is 3.32. The fraction of sp³-hybridized carbons (Fsp3) is 0.600. The molecule has 1 aliphatic rings. The van der Waals surface area contributed by atoms with E-state index in [2.05, 4.69) is 17.0 Å². The number of hydrogen-bond acceptors (Lipinski definition) is 4. The quantitative estimate of drug-likeness (QED) is 0.729. The number of benzene rings is 1. The van der Waals surface area contributed by atoms with Crippen molar-refractivity contribution in [1.82, 2.24) is 4.72 Å². The van der Waals surface area contributed by atoms with Crippen molar-refractivity contribution in [3.8, 4) is 0 Å². The van der Waals surface area contributed by atoms with Crippen LogP contribution in [0, 0.1) is 11.8 Å². The molecule has 1 aromatic rings. The third-order valence-corrected chi connectivity index (χ3v) is 5.64. The first-order chi connectivity index (χ1) is 9.92. The molecule has 1 fully saturated rings. The SMILES string of the molecule is CNS(=O)(=O)c1ccc(N)c(NCC2CCCC(C)C2)c1. The van der Waals surface area contributed by atoms with Crippen molar-refractivity contribution in [3.63, 3.8) is 0 Å². The van der Waals surface area contributed by atoms with Crippen molar-refractivity contribution in [2.45, 2.75) is 37.5 Å². The Bertz CT molecular complexity index is 587. The number of rotatable bonds is 5. The molecular weight excluding hydrogens is 286 g/mol. The summed E-state index contributed by atoms with van der Waals surface area (Å²) >= 11 is 0. The highest BCUT2D eigenvalue weighted by molar-refractivity contribution is 7.89. The lowest BCUT2D eigenvalue weighted by Gasteiger charge is -2.27. The van der Waals surface area contributed by atoms with Crippen molar-refractivity contribution >= 4 is 21.4 Å². The Morgan fingerprint density at radius 2 is 2.10 bits per heavy atom. The standard InChI is InChI=1S/C15H25N3O2S/c1-11-4-3-5-12(8-11)10-18-15-9-13(6-7-14(15)16)21(19,20)17-2/h6-7,9,11-12,17-18H,3-5,8,10,16H2,1-2H3. The summed E-state index contributed by atoms with van der Waals surface area (Å²) in [6, 6.07) is 4.76. The summed E-state index contributed by atoms with van der Waals surface area (Å²) in [5.41, 5.74) is 7.22. The number of sulfonamides is 1. The van der Waals surface area contributed by atoms with Crippen molar-refractivity contribution < 1.29 is 8.42 Å². The number of nitrogen functional groups attached to an aromatic ring is 1. The zero-order chi connectivity index (χ0) is 15.5. The molecular formula is C15H25N3O2S. The first-order valence-corrected chi connectivity index (χ1v) is 8.97. The molecule has 0 heterocycles. The van der Waals surface area contributed by atoms with Gasteiger partial charge in [0.1, 0.15) is 0 Å². The molecule has 6 heteroatoms. The molecule has 0 aliphatic heterocycles. The van der Waals surface area contributed by atoms with Crippen LogP contribution in [0.3, 0.4) is 0 Å². The van der Waals surface area contributed by atoms with Gasteiger partial charge in [-0.3, -0.25) is 0 Å². The van der Waals surface area contributed by atoms with Crippen LogP contribution in [0.1, 0.15) is 32.6 Å². The molecule has 0 aromatic heterocycles. The summed E-state index contributed by atoms with van der Waals surface area (Å²) in [4.78, 5) is 0.235. The highest BCUT2D eigenvalue weighted by Crippen LogP contribution is 2.30. The minimum Gasteiger partial charge on any atom is -0.397 e. The lowest BCUT2D eigenvalue weighted by Crippen LogP contribution is -2.22. The Kier molecular flexibility index (Phi) is 5.11. The molecule has 21 heavy (non-hydrogen) atoms. The van der Waals surface area contributed by atoms with E-state index in [0.717, 1.165) is 12.5 Å². The predicted octanol–water partition coefficient (Wildman–Crippen LogP) is 2.42. The van der Waals surface area contributed by atoms with E-state index < -0.39 is 10.0 Å². The number of nitrogens with one attached hydrogen (secondary N) is 2. The maximum Gasteiger partial charge on any atom is 0.240 e. The van der Waals surface area contributed by atoms with E-state index in [1.54, 1.807) is 12.1 Å². The third-order valence-electron chi connectivity index (χ3n) is 4.23. The average Bonchev–Trinajstić information content (AvgIpc) is 2.46. The van der Waals surface area contributed by atoms with Gasteiger partial charge in [-0.1, -0.05) is 19.8 Å². The molecule has 0 amide bonds. The van der Waals surface area contributed by atoms with Crippen molar-refractivity contribution in [3.05, 3.63) is 18.2 Å². The van der Waals surface area contributed by atoms with Gasteiger partial charge in [0.05, 0.1) is 16.3 Å². The first-order valence-electron chi connectivity index (χ1n) is 7.49. The molecule has 2 unspecified atom stereocenters. The van der Waals surface area contributed by atoms with Crippen molar-refractivity contribution in [2.75, 3.05) is 24.6 Å². The number of hydrogen-bond donors (Lipinski definition) is 3. The van der Waals surface area contributed by atoms with Gasteiger partial charge >= 0.3 is 0 Å². The van der Waals surface area contributed by atoms with Gasteiger partial charge in [-0.2, -0.15) is 0 Å². The van der Waals surface area contributed by atoms with Gasteiger partial charge in [0.2, 0.25) is 10.0 Å². The number of anilines is 2. The molecule has 2 atom stereocenters. The van der Waals surface area contributed by atoms with Gasteiger partial charge in [0, 0.05) is 6.54 Å². The molecule has 4 N–H and O–H groups in total. The first kappa shape index (κ1) is 16.1. The molecule has 0 bridgehead atoms. The Morgan fingerprint density at radius 3 is 2.76 bits per heavy atom. The van der Waals surface area contributed by atoms with Gasteiger partial charge in [-0.25, -0.2) is 13.1 Å². The smallest absolute Gasteiger partial charge is 0.240 e. The normalized spacial score (nSPS) is 23.0. The summed E-state index contributed by atoms with van der Waals surface area (Å²) in [6.07, 6.45) is 5.04. The van der Waals surface area contributed by atoms with Crippen LogP contribution in [-0.4, -0.2) is 22.0 Å². The highest BCUT2D eigenvalue weighted by atomic mass is 32.2. The van der Waals surface area contributed by atoms with Gasteiger partial charge in [0.25, 0.3) is 0 Å². The van der Waals surface area contributed by atoms with Crippen LogP contribution in [0.25, 0.3) is 0 Å². The molecule has 5 nitrogen and oxygen atoms in total. The van der Waals surface area contributed by atoms with E-state index in [1.165, 1.54) is 38.8 Å². The van der Waals surface area contributed by atoms with E-state index in [1.807, 2.05) is 0 Å². The van der Waals surface area contributed by atoms with Crippen LogP contribution in [0.15, 0.2) is 23.1 Å². The Morgan fingerprint density at radius 1 is 1.33 bits per heavy atom. The second-order valence-corrected chi connectivity index (χ2v) is 7.86. The molecule has 1 aliphatic carbocycles. The largest absolute Gasteiger partial charge is 0.397 e. The zero-order valence-electron chi connectivity index (χ0n) is 12.7. The molecule has 2 rings (SSSR count). The van der Waals surface area contributed by atoms with E-state index in [0.29, 0.717) is 17.3 Å². The second-order valence-electron chi connectivity index (χ2n) is 5.98. The molecule has 118 valence electrons. The van der Waals surface area contributed by atoms with Crippen LogP contribution >= 0.6 is 0 Å². The Hall–Kier alpha value is -1.27. The van der Waals surface area contributed by atoms with Crippen LogP contribution in [-0.2, 0) is 10.0 Å². The summed E-state index contributed by atoms with van der Waals surface area (Å²) < 4.78 is 26.0. The van der Waals surface area contributed by atoms with Crippen LogP contribution in [0.5, 0.6) is 0 Å².